The summed E-state index contributed by atoms with van der Waals surface area (Å²) in [6.07, 6.45) is 5.63. The van der Waals surface area contributed by atoms with E-state index >= 15 is 0 Å². The Morgan fingerprint density at radius 1 is 1.44 bits per heavy atom. The van der Waals surface area contributed by atoms with Crippen LogP contribution in [-0.4, -0.2) is 29.1 Å². The fourth-order valence-corrected chi connectivity index (χ4v) is 2.82. The van der Waals surface area contributed by atoms with Gasteiger partial charge in [0.25, 0.3) is 0 Å². The van der Waals surface area contributed by atoms with E-state index in [1.807, 2.05) is 19.2 Å². The number of nitrogens with zero attached hydrogens (tertiary/aromatic N) is 2. The van der Waals surface area contributed by atoms with Crippen LogP contribution >= 0.6 is 0 Å². The van der Waals surface area contributed by atoms with Gasteiger partial charge in [-0.25, -0.2) is 4.98 Å². The molecule has 18 heavy (non-hydrogen) atoms. The topological polar surface area (TPSA) is 25.4 Å². The summed E-state index contributed by atoms with van der Waals surface area (Å²) in [5.41, 5.74) is 1.26. The number of ether oxygens (including phenoxy) is 1. The standard InChI is InChI=1S/C15H24N2O/c1-4-18-15-13(8-7-10-16-15)14-9-5-6-11-17(14)12(2)3/h7-8,10,12,14H,4-6,9,11H2,1-3H3. The summed E-state index contributed by atoms with van der Waals surface area (Å²) in [6, 6.07) is 5.23. The summed E-state index contributed by atoms with van der Waals surface area (Å²) < 4.78 is 5.68. The second kappa shape index (κ2) is 6.19. The molecular formula is C15H24N2O. The van der Waals surface area contributed by atoms with E-state index in [0.717, 1.165) is 5.88 Å². The van der Waals surface area contributed by atoms with Crippen molar-refractivity contribution in [1.82, 2.24) is 9.88 Å². The molecule has 1 aromatic rings. The predicted molar refractivity (Wildman–Crippen MR) is 73.8 cm³/mol. The third kappa shape index (κ3) is 2.83. The van der Waals surface area contributed by atoms with E-state index in [4.69, 9.17) is 4.74 Å². The summed E-state index contributed by atoms with van der Waals surface area (Å²) in [6.45, 7) is 8.42. The summed E-state index contributed by atoms with van der Waals surface area (Å²) in [7, 11) is 0. The van der Waals surface area contributed by atoms with Gasteiger partial charge in [0.15, 0.2) is 0 Å². The molecule has 100 valence electrons. The molecule has 0 aliphatic carbocycles. The lowest BCUT2D eigenvalue weighted by atomic mass is 9.94. The molecule has 0 N–H and O–H groups in total. The van der Waals surface area contributed by atoms with Crippen molar-refractivity contribution < 1.29 is 4.74 Å². The van der Waals surface area contributed by atoms with Crippen LogP contribution in [0.1, 0.15) is 51.6 Å². The average molecular weight is 248 g/mol. The number of hydrogen-bond acceptors (Lipinski definition) is 3. The quantitative estimate of drug-likeness (QED) is 0.816. The molecule has 1 unspecified atom stereocenters. The van der Waals surface area contributed by atoms with Crippen molar-refractivity contribution in [2.24, 2.45) is 0 Å². The van der Waals surface area contributed by atoms with E-state index in [-0.39, 0.29) is 0 Å². The lowest BCUT2D eigenvalue weighted by Gasteiger charge is -2.39. The summed E-state index contributed by atoms with van der Waals surface area (Å²) in [4.78, 5) is 6.96. The molecule has 1 aromatic heterocycles. The lowest BCUT2D eigenvalue weighted by molar-refractivity contribution is 0.109. The van der Waals surface area contributed by atoms with Crippen molar-refractivity contribution in [2.45, 2.75) is 52.1 Å². The van der Waals surface area contributed by atoms with E-state index in [1.165, 1.54) is 31.4 Å². The molecule has 1 aliphatic heterocycles. The molecule has 0 spiro atoms. The molecule has 3 nitrogen and oxygen atoms in total. The first-order valence-corrected chi connectivity index (χ1v) is 7.07. The highest BCUT2D eigenvalue weighted by Crippen LogP contribution is 2.36. The van der Waals surface area contributed by atoms with Gasteiger partial charge in [0.1, 0.15) is 0 Å². The predicted octanol–water partition coefficient (Wildman–Crippen LogP) is 3.42. The van der Waals surface area contributed by atoms with Crippen LogP contribution in [0, 0.1) is 0 Å². The van der Waals surface area contributed by atoms with Gasteiger partial charge in [0.05, 0.1) is 6.61 Å². The Balaban J connectivity index is 2.27. The summed E-state index contributed by atoms with van der Waals surface area (Å²) >= 11 is 0. The Hall–Kier alpha value is -1.09. The maximum Gasteiger partial charge on any atom is 0.218 e. The van der Waals surface area contributed by atoms with E-state index in [2.05, 4.69) is 29.8 Å². The highest BCUT2D eigenvalue weighted by Gasteiger charge is 2.28. The Morgan fingerprint density at radius 2 is 2.28 bits per heavy atom. The number of aromatic nitrogens is 1. The number of likely N-dealkylation sites (tertiary alicyclic amines) is 1. The SMILES string of the molecule is CCOc1ncccc1C1CCCCN1C(C)C. The third-order valence-electron chi connectivity index (χ3n) is 3.65. The van der Waals surface area contributed by atoms with E-state index in [9.17, 15) is 0 Å². The third-order valence-corrected chi connectivity index (χ3v) is 3.65. The fourth-order valence-electron chi connectivity index (χ4n) is 2.82. The largest absolute Gasteiger partial charge is 0.478 e. The van der Waals surface area contributed by atoms with Gasteiger partial charge >= 0.3 is 0 Å². The van der Waals surface area contributed by atoms with Crippen LogP contribution < -0.4 is 4.74 Å². The van der Waals surface area contributed by atoms with Crippen LogP contribution in [0.25, 0.3) is 0 Å². The molecule has 3 heteroatoms. The highest BCUT2D eigenvalue weighted by molar-refractivity contribution is 5.29. The van der Waals surface area contributed by atoms with Crippen LogP contribution in [-0.2, 0) is 0 Å². The smallest absolute Gasteiger partial charge is 0.218 e. The van der Waals surface area contributed by atoms with E-state index in [0.29, 0.717) is 18.7 Å². The molecule has 2 rings (SSSR count). The molecule has 1 saturated heterocycles. The number of hydrogen-bond donors (Lipinski definition) is 0. The maximum atomic E-state index is 5.68. The molecule has 0 amide bonds. The summed E-state index contributed by atoms with van der Waals surface area (Å²) in [5, 5.41) is 0. The molecule has 1 fully saturated rings. The number of pyridine rings is 1. The Morgan fingerprint density at radius 3 is 3.00 bits per heavy atom. The highest BCUT2D eigenvalue weighted by atomic mass is 16.5. The Kier molecular flexibility index (Phi) is 4.59. The van der Waals surface area contributed by atoms with Gasteiger partial charge < -0.3 is 4.74 Å². The Labute approximate surface area is 110 Å². The zero-order valence-electron chi connectivity index (χ0n) is 11.7. The Bertz CT molecular complexity index is 379. The van der Waals surface area contributed by atoms with Crippen LogP contribution in [0.5, 0.6) is 5.88 Å². The first kappa shape index (κ1) is 13.3. The molecular weight excluding hydrogens is 224 g/mol. The van der Waals surface area contributed by atoms with Gasteiger partial charge in [-0.15, -0.1) is 0 Å². The van der Waals surface area contributed by atoms with Crippen LogP contribution in [0.4, 0.5) is 0 Å². The zero-order valence-corrected chi connectivity index (χ0v) is 11.7. The first-order valence-electron chi connectivity index (χ1n) is 7.07. The monoisotopic (exact) mass is 248 g/mol. The molecule has 0 bridgehead atoms. The van der Waals surface area contributed by atoms with Crippen molar-refractivity contribution in [3.8, 4) is 5.88 Å². The van der Waals surface area contributed by atoms with E-state index < -0.39 is 0 Å². The normalized spacial score (nSPS) is 21.2. The van der Waals surface area contributed by atoms with Crippen LogP contribution in [0.15, 0.2) is 18.3 Å². The van der Waals surface area contributed by atoms with E-state index in [1.54, 1.807) is 0 Å². The molecule has 1 aliphatic rings. The van der Waals surface area contributed by atoms with Gasteiger partial charge in [-0.2, -0.15) is 0 Å². The van der Waals surface area contributed by atoms with Gasteiger partial charge in [-0.1, -0.05) is 12.5 Å². The fraction of sp³-hybridized carbons (Fsp3) is 0.667. The van der Waals surface area contributed by atoms with Crippen molar-refractivity contribution in [2.75, 3.05) is 13.2 Å². The van der Waals surface area contributed by atoms with Crippen molar-refractivity contribution in [1.29, 1.82) is 0 Å². The molecule has 0 aromatic carbocycles. The second-order valence-electron chi connectivity index (χ2n) is 5.17. The molecule has 0 radical (unpaired) electrons. The minimum atomic E-state index is 0.467. The van der Waals surface area contributed by atoms with Crippen molar-refractivity contribution >= 4 is 0 Å². The minimum Gasteiger partial charge on any atom is -0.478 e. The van der Waals surface area contributed by atoms with Crippen molar-refractivity contribution in [3.63, 3.8) is 0 Å². The van der Waals surface area contributed by atoms with Crippen LogP contribution in [0.2, 0.25) is 0 Å². The van der Waals surface area contributed by atoms with Crippen molar-refractivity contribution in [3.05, 3.63) is 23.9 Å². The first-order chi connectivity index (χ1) is 8.74. The maximum absolute atomic E-state index is 5.68. The molecule has 0 saturated carbocycles. The number of rotatable bonds is 4. The zero-order chi connectivity index (χ0) is 13.0. The molecule has 2 heterocycles. The number of piperidine rings is 1. The molecule has 1 atom stereocenters. The van der Waals surface area contributed by atoms with Gasteiger partial charge in [0.2, 0.25) is 5.88 Å². The van der Waals surface area contributed by atoms with Gasteiger partial charge in [-0.3, -0.25) is 4.90 Å². The average Bonchev–Trinajstić information content (AvgIpc) is 2.40. The van der Waals surface area contributed by atoms with Crippen LogP contribution in [0.3, 0.4) is 0 Å². The van der Waals surface area contributed by atoms with Gasteiger partial charge in [-0.05, 0) is 46.2 Å². The minimum absolute atomic E-state index is 0.467. The lowest BCUT2D eigenvalue weighted by Crippen LogP contribution is -2.38. The van der Waals surface area contributed by atoms with Gasteiger partial charge in [0, 0.05) is 23.8 Å². The summed E-state index contributed by atoms with van der Waals surface area (Å²) in [5.74, 6) is 0.817. The second-order valence-corrected chi connectivity index (χ2v) is 5.17.